The van der Waals surface area contributed by atoms with Crippen LogP contribution >= 0.6 is 11.5 Å². The molecule has 3 rings (SSSR count). The molecule has 0 aliphatic carbocycles. The Kier molecular flexibility index (Phi) is 4.59. The van der Waals surface area contributed by atoms with Crippen molar-refractivity contribution in [2.45, 2.75) is 26.2 Å². The number of fused-ring (bicyclic) bond motifs is 1. The van der Waals surface area contributed by atoms with Gasteiger partial charge in [-0.25, -0.2) is 3.96 Å². The SMILES string of the molecule is CCCCCOc1ccc(-n2sc3ccccc3c2=O)cc1. The van der Waals surface area contributed by atoms with Gasteiger partial charge in [0, 0.05) is 0 Å². The minimum Gasteiger partial charge on any atom is -0.494 e. The van der Waals surface area contributed by atoms with Crippen LogP contribution in [0.15, 0.2) is 53.3 Å². The predicted molar refractivity (Wildman–Crippen MR) is 92.4 cm³/mol. The van der Waals surface area contributed by atoms with E-state index in [0.29, 0.717) is 0 Å². The van der Waals surface area contributed by atoms with Crippen LogP contribution in [0.3, 0.4) is 0 Å². The molecule has 22 heavy (non-hydrogen) atoms. The molecule has 0 spiro atoms. The van der Waals surface area contributed by atoms with Gasteiger partial charge in [0.2, 0.25) is 0 Å². The molecule has 1 heterocycles. The van der Waals surface area contributed by atoms with Gasteiger partial charge in [-0.2, -0.15) is 0 Å². The zero-order valence-electron chi connectivity index (χ0n) is 12.6. The highest BCUT2D eigenvalue weighted by molar-refractivity contribution is 7.14. The Morgan fingerprint density at radius 2 is 1.82 bits per heavy atom. The average molecular weight is 313 g/mol. The normalized spacial score (nSPS) is 11.0. The second-order valence-electron chi connectivity index (χ2n) is 5.24. The van der Waals surface area contributed by atoms with Crippen LogP contribution in [0.5, 0.6) is 5.75 Å². The monoisotopic (exact) mass is 313 g/mol. The summed E-state index contributed by atoms with van der Waals surface area (Å²) in [6, 6.07) is 15.4. The Hall–Kier alpha value is -2.07. The number of aromatic nitrogens is 1. The maximum absolute atomic E-state index is 12.4. The number of nitrogens with zero attached hydrogens (tertiary/aromatic N) is 1. The fraction of sp³-hybridized carbons (Fsp3) is 0.278. The number of rotatable bonds is 6. The Labute approximate surface area is 133 Å². The van der Waals surface area contributed by atoms with Gasteiger partial charge in [-0.3, -0.25) is 4.79 Å². The minimum absolute atomic E-state index is 0.0391. The molecule has 0 N–H and O–H groups in total. The van der Waals surface area contributed by atoms with Crippen molar-refractivity contribution in [2.75, 3.05) is 6.61 Å². The smallest absolute Gasteiger partial charge is 0.273 e. The van der Waals surface area contributed by atoms with Gasteiger partial charge in [0.15, 0.2) is 0 Å². The van der Waals surface area contributed by atoms with Gasteiger partial charge >= 0.3 is 0 Å². The minimum atomic E-state index is 0.0391. The highest BCUT2D eigenvalue weighted by Crippen LogP contribution is 2.21. The van der Waals surface area contributed by atoms with E-state index in [-0.39, 0.29) is 5.56 Å². The summed E-state index contributed by atoms with van der Waals surface area (Å²) in [6.45, 7) is 2.92. The van der Waals surface area contributed by atoms with Crippen LogP contribution in [0, 0.1) is 0 Å². The lowest BCUT2D eigenvalue weighted by Gasteiger charge is -2.06. The van der Waals surface area contributed by atoms with Crippen molar-refractivity contribution >= 4 is 21.6 Å². The first-order valence-electron chi connectivity index (χ1n) is 7.64. The van der Waals surface area contributed by atoms with E-state index in [1.165, 1.54) is 24.4 Å². The summed E-state index contributed by atoms with van der Waals surface area (Å²) in [5.41, 5.74) is 0.921. The van der Waals surface area contributed by atoms with Gasteiger partial charge in [-0.05, 0) is 42.8 Å². The first-order chi connectivity index (χ1) is 10.8. The van der Waals surface area contributed by atoms with Crippen molar-refractivity contribution < 1.29 is 4.74 Å². The number of ether oxygens (including phenoxy) is 1. The average Bonchev–Trinajstić information content (AvgIpc) is 2.90. The van der Waals surface area contributed by atoms with Crippen molar-refractivity contribution in [2.24, 2.45) is 0 Å². The summed E-state index contributed by atoms with van der Waals surface area (Å²) < 4.78 is 8.44. The lowest BCUT2D eigenvalue weighted by molar-refractivity contribution is 0.306. The van der Waals surface area contributed by atoms with E-state index < -0.39 is 0 Å². The first kappa shape index (κ1) is 14.9. The molecule has 0 amide bonds. The van der Waals surface area contributed by atoms with E-state index in [1.807, 2.05) is 48.5 Å². The van der Waals surface area contributed by atoms with Gasteiger partial charge in [0.25, 0.3) is 5.56 Å². The fourth-order valence-electron chi connectivity index (χ4n) is 2.36. The lowest BCUT2D eigenvalue weighted by atomic mass is 10.2. The third kappa shape index (κ3) is 3.07. The summed E-state index contributed by atoms with van der Waals surface area (Å²) in [4.78, 5) is 12.4. The molecule has 0 unspecified atom stereocenters. The maximum Gasteiger partial charge on any atom is 0.273 e. The van der Waals surface area contributed by atoms with Crippen LogP contribution in [0.25, 0.3) is 15.8 Å². The van der Waals surface area contributed by atoms with Crippen LogP contribution in [0.2, 0.25) is 0 Å². The molecule has 0 fully saturated rings. The largest absolute Gasteiger partial charge is 0.494 e. The predicted octanol–water partition coefficient (Wildman–Crippen LogP) is 4.62. The molecule has 0 aliphatic rings. The van der Waals surface area contributed by atoms with Crippen LogP contribution in [0.1, 0.15) is 26.2 Å². The van der Waals surface area contributed by atoms with Crippen LogP contribution < -0.4 is 10.3 Å². The summed E-state index contributed by atoms with van der Waals surface area (Å²) >= 11 is 1.47. The first-order valence-corrected chi connectivity index (χ1v) is 8.41. The van der Waals surface area contributed by atoms with Gasteiger partial charge < -0.3 is 4.74 Å². The standard InChI is InChI=1S/C18H19NO2S/c1-2-3-6-13-21-15-11-9-14(10-12-15)19-18(20)16-7-4-5-8-17(16)22-19/h4-5,7-12H,2-3,6,13H2,1H3. The van der Waals surface area contributed by atoms with Crippen molar-refractivity contribution in [3.63, 3.8) is 0 Å². The number of unbranched alkanes of at least 4 members (excludes halogenated alkanes) is 2. The molecule has 3 nitrogen and oxygen atoms in total. The molecule has 0 aliphatic heterocycles. The highest BCUT2D eigenvalue weighted by atomic mass is 32.1. The third-order valence-corrected chi connectivity index (χ3v) is 4.69. The van der Waals surface area contributed by atoms with Crippen molar-refractivity contribution in [1.82, 2.24) is 3.96 Å². The zero-order valence-corrected chi connectivity index (χ0v) is 13.4. The van der Waals surface area contributed by atoms with E-state index in [9.17, 15) is 4.79 Å². The molecule has 0 atom stereocenters. The van der Waals surface area contributed by atoms with E-state index in [4.69, 9.17) is 4.74 Å². The molecule has 4 heteroatoms. The quantitative estimate of drug-likeness (QED) is 0.622. The second kappa shape index (κ2) is 6.79. The van der Waals surface area contributed by atoms with Gasteiger partial charge in [0.1, 0.15) is 5.75 Å². The second-order valence-corrected chi connectivity index (χ2v) is 6.22. The van der Waals surface area contributed by atoms with Crippen molar-refractivity contribution in [3.05, 3.63) is 58.9 Å². The van der Waals surface area contributed by atoms with Gasteiger partial charge in [-0.1, -0.05) is 43.4 Å². The van der Waals surface area contributed by atoms with E-state index in [2.05, 4.69) is 6.92 Å². The molecule has 2 aromatic carbocycles. The van der Waals surface area contributed by atoms with Crippen molar-refractivity contribution in [3.8, 4) is 11.4 Å². The van der Waals surface area contributed by atoms with Crippen LogP contribution in [-0.4, -0.2) is 10.6 Å². The van der Waals surface area contributed by atoms with E-state index in [0.717, 1.165) is 34.6 Å². The Morgan fingerprint density at radius 1 is 1.05 bits per heavy atom. The molecular weight excluding hydrogens is 294 g/mol. The molecule has 0 radical (unpaired) electrons. The van der Waals surface area contributed by atoms with E-state index >= 15 is 0 Å². The number of hydrogen-bond donors (Lipinski definition) is 0. The van der Waals surface area contributed by atoms with Crippen molar-refractivity contribution in [1.29, 1.82) is 0 Å². The molecule has 3 aromatic rings. The molecular formula is C18H19NO2S. The highest BCUT2D eigenvalue weighted by Gasteiger charge is 2.08. The molecule has 1 aromatic heterocycles. The van der Waals surface area contributed by atoms with Gasteiger partial charge in [0.05, 0.1) is 22.4 Å². The fourth-order valence-corrected chi connectivity index (χ4v) is 3.36. The Balaban J connectivity index is 1.79. The van der Waals surface area contributed by atoms with Crippen LogP contribution in [0.4, 0.5) is 0 Å². The summed E-state index contributed by atoms with van der Waals surface area (Å²) in [5.74, 6) is 0.856. The summed E-state index contributed by atoms with van der Waals surface area (Å²) in [5, 5.41) is 0.771. The van der Waals surface area contributed by atoms with Crippen LogP contribution in [-0.2, 0) is 0 Å². The molecule has 0 saturated carbocycles. The number of benzene rings is 2. The molecule has 0 saturated heterocycles. The summed E-state index contributed by atoms with van der Waals surface area (Å²) in [6.07, 6.45) is 3.46. The Bertz CT molecular complexity index is 802. The zero-order chi connectivity index (χ0) is 15.4. The number of hydrogen-bond acceptors (Lipinski definition) is 3. The molecule has 0 bridgehead atoms. The topological polar surface area (TPSA) is 31.2 Å². The summed E-state index contributed by atoms with van der Waals surface area (Å²) in [7, 11) is 0. The van der Waals surface area contributed by atoms with Gasteiger partial charge in [-0.15, -0.1) is 0 Å². The Morgan fingerprint density at radius 3 is 2.55 bits per heavy atom. The van der Waals surface area contributed by atoms with E-state index in [1.54, 1.807) is 3.96 Å². The third-order valence-electron chi connectivity index (χ3n) is 3.58. The maximum atomic E-state index is 12.4. The molecule has 114 valence electrons. The lowest BCUT2D eigenvalue weighted by Crippen LogP contribution is -2.10.